The SMILES string of the molecule is CNNC(=O)[C@@H]1NC(=O)C2NC(=O)C(NC(=O)C3NC(=O)C(CC(N)=O)NC(=O)C(NC(=O)C(CC(C)C)NC)C(O)c4ccc(c(Cl)c4)Oc4cc3cc(c4OC3OC(CO)C(O)C(O)C3OC3C[C@@](C)(NCc4cncc(NC(=O)/C=C/c5cccc(OC(F)(F)F)c5)c4)C(O)C(C)O3)Oc3ccc(cc3Cl)C2O)c2ccc(O)c(c2)-c2c(O)cc(O)cc21. The third kappa shape index (κ3) is 21.5. The number of hydrazine groups is 1. The largest absolute Gasteiger partial charge is 0.573 e. The van der Waals surface area contributed by atoms with Crippen molar-refractivity contribution in [1.82, 2.24) is 58.4 Å². The Morgan fingerprint density at radius 1 is 0.730 bits per heavy atom. The van der Waals surface area contributed by atoms with Gasteiger partial charge in [0, 0.05) is 55.0 Å². The molecular formula is C83H90Cl2F3N13O25. The maximum absolute atomic E-state index is 16.3. The Bertz CT molecular complexity index is 5350. The van der Waals surface area contributed by atoms with E-state index in [2.05, 4.69) is 68.4 Å². The molecule has 0 aliphatic carbocycles. The molecule has 0 spiro atoms. The first kappa shape index (κ1) is 93.1. The van der Waals surface area contributed by atoms with E-state index in [-0.39, 0.29) is 59.0 Å². The van der Waals surface area contributed by atoms with Gasteiger partial charge in [-0.1, -0.05) is 67.4 Å². The zero-order chi connectivity index (χ0) is 91.2. The molecule has 7 aliphatic rings. The summed E-state index contributed by atoms with van der Waals surface area (Å²) in [4.78, 5) is 137. The summed E-state index contributed by atoms with van der Waals surface area (Å²) in [5.74, 6) is -16.6. The van der Waals surface area contributed by atoms with Gasteiger partial charge in [0.1, 0.15) is 101 Å². The van der Waals surface area contributed by atoms with Gasteiger partial charge < -0.3 is 133 Å². The van der Waals surface area contributed by atoms with E-state index in [0.29, 0.717) is 5.56 Å². The van der Waals surface area contributed by atoms with Crippen molar-refractivity contribution < 1.29 is 135 Å². The number of phenolic OH excluding ortho intramolecular Hbond substituents is 3. The van der Waals surface area contributed by atoms with Crippen molar-refractivity contribution >= 4 is 88.1 Å². The molecule has 1 aromatic heterocycles. The van der Waals surface area contributed by atoms with Crippen LogP contribution >= 0.6 is 23.2 Å². The zero-order valence-corrected chi connectivity index (χ0v) is 69.1. The molecule has 126 heavy (non-hydrogen) atoms. The van der Waals surface area contributed by atoms with Crippen LogP contribution in [0.5, 0.6) is 51.7 Å². The molecule has 2 fully saturated rings. The van der Waals surface area contributed by atoms with Crippen LogP contribution in [0.4, 0.5) is 18.9 Å². The van der Waals surface area contributed by atoms with Gasteiger partial charge in [-0.2, -0.15) is 0 Å². The highest BCUT2D eigenvalue weighted by Crippen LogP contribution is 2.50. The van der Waals surface area contributed by atoms with Crippen LogP contribution in [-0.4, -0.2) is 210 Å². The van der Waals surface area contributed by atoms with E-state index in [1.807, 2.05) is 0 Å². The highest BCUT2D eigenvalue weighted by molar-refractivity contribution is 6.32. The lowest BCUT2D eigenvalue weighted by Gasteiger charge is -2.48. The van der Waals surface area contributed by atoms with E-state index in [1.165, 1.54) is 69.8 Å². The molecule has 8 heterocycles. The number of pyridine rings is 1. The summed E-state index contributed by atoms with van der Waals surface area (Å²) in [6, 6.07) is 6.02. The molecule has 672 valence electrons. The van der Waals surface area contributed by atoms with Gasteiger partial charge in [-0.3, -0.25) is 53.6 Å². The van der Waals surface area contributed by atoms with Crippen LogP contribution in [0.2, 0.25) is 10.0 Å². The van der Waals surface area contributed by atoms with Crippen LogP contribution in [0.3, 0.4) is 0 Å². The molecule has 38 nitrogen and oxygen atoms in total. The van der Waals surface area contributed by atoms with Gasteiger partial charge in [-0.15, -0.1) is 13.2 Å². The molecule has 0 saturated carbocycles. The molecule has 11 bridgehead atoms. The summed E-state index contributed by atoms with van der Waals surface area (Å²) in [5, 5.41) is 129. The van der Waals surface area contributed by atoms with Crippen LogP contribution in [0, 0.1) is 5.92 Å². The maximum atomic E-state index is 16.3. The second-order valence-electron chi connectivity index (χ2n) is 30.9. The number of aliphatic hydroxyl groups is 6. The average molecular weight is 1800 g/mol. The number of carbonyl (C=O) groups is 9. The van der Waals surface area contributed by atoms with Crippen LogP contribution in [-0.2, 0) is 63.9 Å². The normalized spacial score (nSPS) is 26.0. The van der Waals surface area contributed by atoms with Crippen molar-refractivity contribution in [1.29, 1.82) is 0 Å². The zero-order valence-electron chi connectivity index (χ0n) is 67.6. The highest BCUT2D eigenvalue weighted by Gasteiger charge is 2.52. The summed E-state index contributed by atoms with van der Waals surface area (Å²) in [7, 11) is 2.74. The van der Waals surface area contributed by atoms with E-state index >= 15 is 24.0 Å². The Morgan fingerprint density at radius 3 is 2.03 bits per heavy atom. The number of nitrogens with one attached hydrogen (secondary N) is 11. The number of phenols is 3. The fourth-order valence-corrected chi connectivity index (χ4v) is 15.4. The third-order valence-electron chi connectivity index (χ3n) is 21.3. The summed E-state index contributed by atoms with van der Waals surface area (Å²) >= 11 is 14.3. The van der Waals surface area contributed by atoms with Gasteiger partial charge in [-0.25, -0.2) is 5.43 Å². The number of carbonyl (C=O) groups excluding carboxylic acids is 9. The lowest BCUT2D eigenvalue weighted by Crippen LogP contribution is -2.65. The number of aliphatic hydroxyl groups excluding tert-OH is 6. The Balaban J connectivity index is 0.996. The van der Waals surface area contributed by atoms with Gasteiger partial charge in [-0.05, 0) is 151 Å². The number of hydrogen-bond acceptors (Lipinski definition) is 29. The number of primary amides is 1. The van der Waals surface area contributed by atoms with Gasteiger partial charge in [0.25, 0.3) is 5.91 Å². The van der Waals surface area contributed by atoms with Gasteiger partial charge in [0.05, 0.1) is 53.2 Å². The topological polar surface area (TPSA) is 572 Å². The fourth-order valence-electron chi connectivity index (χ4n) is 15.0. The second-order valence-corrected chi connectivity index (χ2v) is 31.7. The minimum atomic E-state index is -4.96. The lowest BCUT2D eigenvalue weighted by atomic mass is 9.84. The first-order chi connectivity index (χ1) is 59.7. The number of hydrogen-bond donors (Lipinski definition) is 21. The number of halogens is 5. The van der Waals surface area contributed by atoms with Gasteiger partial charge in [0.15, 0.2) is 23.9 Å². The van der Waals surface area contributed by atoms with Crippen LogP contribution in [0.25, 0.3) is 17.2 Å². The lowest BCUT2D eigenvalue weighted by molar-refractivity contribution is -0.334. The van der Waals surface area contributed by atoms with Crippen LogP contribution in [0.1, 0.15) is 116 Å². The highest BCUT2D eigenvalue weighted by atomic mass is 35.5. The van der Waals surface area contributed by atoms with Crippen molar-refractivity contribution in [3.05, 3.63) is 177 Å². The molecule has 6 aromatic carbocycles. The number of nitrogens with zero attached hydrogens (tertiary/aromatic N) is 1. The van der Waals surface area contributed by atoms with E-state index in [0.717, 1.165) is 84.9 Å². The van der Waals surface area contributed by atoms with Gasteiger partial charge >= 0.3 is 6.36 Å². The Hall–Kier alpha value is -12.1. The minimum Gasteiger partial charge on any atom is -0.508 e. The predicted octanol–water partition coefficient (Wildman–Crippen LogP) is 3.05. The second kappa shape index (κ2) is 39.2. The minimum absolute atomic E-state index is 0.0856. The molecule has 0 radical (unpaired) electrons. The van der Waals surface area contributed by atoms with E-state index in [1.54, 1.807) is 20.8 Å². The smallest absolute Gasteiger partial charge is 0.508 e. The molecule has 14 rings (SSSR count). The van der Waals surface area contributed by atoms with Crippen molar-refractivity contribution in [3.63, 3.8) is 0 Å². The van der Waals surface area contributed by atoms with E-state index in [9.17, 15) is 78.3 Å². The van der Waals surface area contributed by atoms with Crippen molar-refractivity contribution in [3.8, 4) is 62.9 Å². The molecule has 9 amide bonds. The summed E-state index contributed by atoms with van der Waals surface area (Å²) in [6.07, 6.45) is -19.6. The molecule has 43 heteroatoms. The number of rotatable bonds is 21. The number of aromatic hydroxyl groups is 3. The van der Waals surface area contributed by atoms with Crippen LogP contribution in [0.15, 0.2) is 128 Å². The first-order valence-electron chi connectivity index (χ1n) is 39.1. The number of aromatic nitrogens is 1. The standard InChI is InChI=1S/C83H90Cl2F3N13O25/c1-34(2)18-49(90-5)74(113)99-65-67(108)39-12-15-53(47(84)22-39)121-55-24-41-25-56(71(55)125-81-72(70(111)69(110)57(33-102)123-81)124-60-29-82(4,73(112)35(3)120-60)93-31-37-19-42(32-92-30-37)94-59(107)17-10-36-8-7-9-44(20-36)126-83(86,87)88)122-54-16-13-40(23-48(54)85)68(109)66-79(118)98-64(80(119)101-91-6)46-26-43(103)27-52(105)61(46)45-21-38(11-14-51(45)104)62(76(115)100-66)97-77(116)63(41)96-75(114)50(28-58(89)106)95-78(65)117/h7-17,19-27,30,32,34-35,49-50,57,60,62-70,72-73,81,90-91,93,102-105,108-112H,18,28-29,31,33H2,1-6H3,(H2,89,106)(H,94,107)(H,95,117)(H,96,114)(H,97,116)(H,98,118)(H,99,113)(H,100,115)(H,101,119)/b17-10+/t35?,49?,50?,57?,60?,62?,63?,64-,65?,66?,67?,68?,69?,70?,72?,73?,81?,82-/m1/s1. The number of benzene rings is 6. The van der Waals surface area contributed by atoms with Crippen molar-refractivity contribution in [2.75, 3.05) is 26.0 Å². The predicted molar refractivity (Wildman–Crippen MR) is 437 cm³/mol. The summed E-state index contributed by atoms with van der Waals surface area (Å²) < 4.78 is 82.2. The number of fused-ring (bicyclic) bond motifs is 15. The monoisotopic (exact) mass is 1800 g/mol. The number of nitrogens with two attached hydrogens (primary N) is 1. The average Bonchev–Trinajstić information content (AvgIpc) is 0.766. The summed E-state index contributed by atoms with van der Waals surface area (Å²) in [5.41, 5.74) is 7.27. The van der Waals surface area contributed by atoms with Gasteiger partial charge in [0.2, 0.25) is 59.3 Å². The van der Waals surface area contributed by atoms with E-state index < -0.39 is 260 Å². The molecule has 18 atom stereocenters. The fraction of sp³-hybridized carbons (Fsp3) is 0.373. The molecule has 22 N–H and O–H groups in total. The molecule has 7 aliphatic heterocycles. The first-order valence-corrected chi connectivity index (χ1v) is 39.9. The van der Waals surface area contributed by atoms with Crippen LogP contribution < -0.4 is 83.4 Å². The molecule has 16 unspecified atom stereocenters. The third-order valence-corrected chi connectivity index (χ3v) is 21.9. The summed E-state index contributed by atoms with van der Waals surface area (Å²) in [6.45, 7) is 5.57. The molecular weight excluding hydrogens is 1710 g/mol. The van der Waals surface area contributed by atoms with Crippen molar-refractivity contribution in [2.24, 2.45) is 11.7 Å². The number of ether oxygens (including phenoxy) is 7. The van der Waals surface area contributed by atoms with Crippen molar-refractivity contribution in [2.45, 2.75) is 169 Å². The Morgan fingerprint density at radius 2 is 1.39 bits per heavy atom. The Labute approximate surface area is 724 Å². The number of alkyl halides is 3. The number of likely N-dealkylation sites (N-methyl/N-ethyl adjacent to an activating group) is 1. The molecule has 7 aromatic rings. The quantitative estimate of drug-likeness (QED) is 0.0363. The Kier molecular flexibility index (Phi) is 29.0. The maximum Gasteiger partial charge on any atom is 0.573 e. The van der Waals surface area contributed by atoms with E-state index in [4.69, 9.17) is 57.4 Å². The molecule has 2 saturated heterocycles. The number of anilines is 1. The number of amides is 9.